The first-order chi connectivity index (χ1) is 24.1. The standard InChI is InChI=1S/C21H19NO3S.C19H15NO3S/c1-3-25-21(24)16-9-7-15(8-10-16)18-13-17(11-6-14(18)2)22-20(23)19-5-4-12-26-19;1-12-4-9-15(20-18(21)17-3-2-10-24-17)11-16(12)13-5-7-14(8-6-13)19(22)23/h4-13H,3H2,1-2H3,(H,22,23);2-11H,1H3,(H,20,21)(H,22,23). The molecule has 252 valence electrons. The Morgan fingerprint density at radius 3 is 1.44 bits per heavy atom. The molecule has 0 bridgehead atoms. The molecule has 0 aliphatic carbocycles. The van der Waals surface area contributed by atoms with E-state index in [9.17, 15) is 19.2 Å². The average Bonchev–Trinajstić information content (AvgIpc) is 3.87. The summed E-state index contributed by atoms with van der Waals surface area (Å²) in [6, 6.07) is 32.7. The molecule has 0 spiro atoms. The predicted octanol–water partition coefficient (Wildman–Crippen LogP) is 9.83. The van der Waals surface area contributed by atoms with Crippen LogP contribution in [0.15, 0.2) is 120 Å². The molecule has 4 aromatic carbocycles. The Kier molecular flexibility index (Phi) is 11.7. The summed E-state index contributed by atoms with van der Waals surface area (Å²) in [5.74, 6) is -1.53. The number of anilines is 2. The van der Waals surface area contributed by atoms with Crippen molar-refractivity contribution in [3.63, 3.8) is 0 Å². The van der Waals surface area contributed by atoms with Crippen LogP contribution >= 0.6 is 22.7 Å². The minimum absolute atomic E-state index is 0.118. The SMILES string of the molecule is CCOC(=O)c1ccc(-c2cc(NC(=O)c3cccs3)ccc2C)cc1.Cc1ccc(NC(=O)c2cccs2)cc1-c1ccc(C(=O)O)cc1. The van der Waals surface area contributed by atoms with Crippen LogP contribution in [0.5, 0.6) is 0 Å². The molecule has 10 heteroatoms. The molecule has 0 aliphatic rings. The topological polar surface area (TPSA) is 122 Å². The van der Waals surface area contributed by atoms with Crippen LogP contribution in [0.3, 0.4) is 0 Å². The van der Waals surface area contributed by atoms with Crippen LogP contribution in [0.1, 0.15) is 58.1 Å². The monoisotopic (exact) mass is 702 g/mol. The molecule has 0 saturated carbocycles. The molecule has 0 aliphatic heterocycles. The van der Waals surface area contributed by atoms with Crippen LogP contribution in [0, 0.1) is 13.8 Å². The smallest absolute Gasteiger partial charge is 0.338 e. The Bertz CT molecular complexity index is 2100. The second-order valence-corrected chi connectivity index (χ2v) is 13.0. The summed E-state index contributed by atoms with van der Waals surface area (Å²) in [5.41, 5.74) is 8.19. The molecule has 0 atom stereocenters. The number of ether oxygens (including phenoxy) is 1. The van der Waals surface area contributed by atoms with Crippen molar-refractivity contribution in [1.82, 2.24) is 0 Å². The number of rotatable bonds is 9. The second kappa shape index (κ2) is 16.5. The fraction of sp³-hybridized carbons (Fsp3) is 0.100. The summed E-state index contributed by atoms with van der Waals surface area (Å²) in [6.45, 7) is 6.13. The lowest BCUT2D eigenvalue weighted by atomic mass is 9.99. The number of esters is 1. The maximum absolute atomic E-state index is 12.2. The Morgan fingerprint density at radius 2 is 1.06 bits per heavy atom. The molecule has 6 aromatic rings. The number of aryl methyl sites for hydroxylation is 2. The third kappa shape index (κ3) is 8.98. The van der Waals surface area contributed by atoms with Gasteiger partial charge in [-0.1, -0.05) is 48.5 Å². The fourth-order valence-corrected chi connectivity index (χ4v) is 6.25. The highest BCUT2D eigenvalue weighted by molar-refractivity contribution is 7.12. The van der Waals surface area contributed by atoms with E-state index in [1.54, 1.807) is 55.5 Å². The van der Waals surface area contributed by atoms with E-state index in [-0.39, 0.29) is 23.3 Å². The van der Waals surface area contributed by atoms with Crippen molar-refractivity contribution in [3.05, 3.63) is 152 Å². The largest absolute Gasteiger partial charge is 0.478 e. The van der Waals surface area contributed by atoms with Gasteiger partial charge in [0.25, 0.3) is 11.8 Å². The quantitative estimate of drug-likeness (QED) is 0.129. The van der Waals surface area contributed by atoms with Crippen LogP contribution in [0.25, 0.3) is 22.3 Å². The Labute approximate surface area is 298 Å². The first kappa shape index (κ1) is 35.5. The lowest BCUT2D eigenvalue weighted by molar-refractivity contribution is 0.0525. The number of carboxylic acid groups (broad SMARTS) is 1. The van der Waals surface area contributed by atoms with E-state index in [4.69, 9.17) is 9.84 Å². The highest BCUT2D eigenvalue weighted by atomic mass is 32.1. The number of aromatic carboxylic acids is 1. The maximum atomic E-state index is 12.2. The Balaban J connectivity index is 0.000000195. The zero-order chi connectivity index (χ0) is 35.6. The number of nitrogens with one attached hydrogen (secondary N) is 2. The molecule has 0 saturated heterocycles. The molecule has 2 heterocycles. The van der Waals surface area contributed by atoms with Crippen molar-refractivity contribution in [3.8, 4) is 22.3 Å². The molecule has 0 unspecified atom stereocenters. The zero-order valence-electron chi connectivity index (χ0n) is 27.6. The van der Waals surface area contributed by atoms with E-state index in [0.717, 1.165) is 39.1 Å². The number of carbonyl (C=O) groups excluding carboxylic acids is 3. The molecule has 50 heavy (non-hydrogen) atoms. The number of benzene rings is 4. The van der Waals surface area contributed by atoms with E-state index in [0.29, 0.717) is 27.6 Å². The van der Waals surface area contributed by atoms with Gasteiger partial charge in [-0.3, -0.25) is 9.59 Å². The van der Waals surface area contributed by atoms with Gasteiger partial charge in [0.2, 0.25) is 0 Å². The van der Waals surface area contributed by atoms with Gasteiger partial charge in [-0.25, -0.2) is 9.59 Å². The molecule has 2 amide bonds. The Morgan fingerprint density at radius 1 is 0.620 bits per heavy atom. The summed E-state index contributed by atoms with van der Waals surface area (Å²) < 4.78 is 5.01. The molecular weight excluding hydrogens is 669 g/mol. The van der Waals surface area contributed by atoms with E-state index in [1.807, 2.05) is 85.3 Å². The minimum Gasteiger partial charge on any atom is -0.478 e. The first-order valence-corrected chi connectivity index (χ1v) is 17.4. The highest BCUT2D eigenvalue weighted by Crippen LogP contribution is 2.29. The summed E-state index contributed by atoms with van der Waals surface area (Å²) in [4.78, 5) is 48.5. The summed E-state index contributed by atoms with van der Waals surface area (Å²) in [6.07, 6.45) is 0. The fourth-order valence-electron chi connectivity index (χ4n) is 5.02. The van der Waals surface area contributed by atoms with Gasteiger partial charge < -0.3 is 20.5 Å². The summed E-state index contributed by atoms with van der Waals surface area (Å²) >= 11 is 2.80. The van der Waals surface area contributed by atoms with Gasteiger partial charge >= 0.3 is 11.9 Å². The highest BCUT2D eigenvalue weighted by Gasteiger charge is 2.12. The lowest BCUT2D eigenvalue weighted by Gasteiger charge is -2.11. The third-order valence-electron chi connectivity index (χ3n) is 7.63. The summed E-state index contributed by atoms with van der Waals surface area (Å²) in [7, 11) is 0. The number of amides is 2. The van der Waals surface area contributed by atoms with E-state index in [1.165, 1.54) is 22.7 Å². The van der Waals surface area contributed by atoms with Crippen LogP contribution in [-0.2, 0) is 4.74 Å². The predicted molar refractivity (Wildman–Crippen MR) is 201 cm³/mol. The van der Waals surface area contributed by atoms with Gasteiger partial charge in [-0.15, -0.1) is 22.7 Å². The third-order valence-corrected chi connectivity index (χ3v) is 9.37. The van der Waals surface area contributed by atoms with Crippen molar-refractivity contribution in [1.29, 1.82) is 0 Å². The van der Waals surface area contributed by atoms with E-state index < -0.39 is 5.97 Å². The van der Waals surface area contributed by atoms with Crippen molar-refractivity contribution < 1.29 is 29.0 Å². The van der Waals surface area contributed by atoms with Gasteiger partial charge in [0, 0.05) is 11.4 Å². The molecule has 0 radical (unpaired) electrons. The van der Waals surface area contributed by atoms with Crippen molar-refractivity contribution in [2.45, 2.75) is 20.8 Å². The Hall–Kier alpha value is -5.84. The number of carbonyl (C=O) groups is 4. The number of hydrogen-bond acceptors (Lipinski definition) is 7. The van der Waals surface area contributed by atoms with Crippen LogP contribution in [0.4, 0.5) is 11.4 Å². The van der Waals surface area contributed by atoms with Crippen molar-refractivity contribution in [2.75, 3.05) is 17.2 Å². The van der Waals surface area contributed by atoms with Gasteiger partial charge in [0.1, 0.15) is 0 Å². The van der Waals surface area contributed by atoms with E-state index in [2.05, 4.69) is 10.6 Å². The van der Waals surface area contributed by atoms with Crippen LogP contribution < -0.4 is 10.6 Å². The molecule has 0 fully saturated rings. The number of hydrogen-bond donors (Lipinski definition) is 3. The van der Waals surface area contributed by atoms with Gasteiger partial charge in [-0.05, 0) is 126 Å². The molecule has 3 N–H and O–H groups in total. The average molecular weight is 703 g/mol. The minimum atomic E-state index is -0.949. The molecule has 2 aromatic heterocycles. The van der Waals surface area contributed by atoms with Gasteiger partial charge in [0.15, 0.2) is 0 Å². The summed E-state index contributed by atoms with van der Waals surface area (Å²) in [5, 5.41) is 18.5. The van der Waals surface area contributed by atoms with Gasteiger partial charge in [0.05, 0.1) is 27.5 Å². The molecule has 8 nitrogen and oxygen atoms in total. The van der Waals surface area contributed by atoms with E-state index >= 15 is 0 Å². The van der Waals surface area contributed by atoms with Gasteiger partial charge in [-0.2, -0.15) is 0 Å². The number of carboxylic acids is 1. The van der Waals surface area contributed by atoms with Crippen LogP contribution in [-0.4, -0.2) is 35.5 Å². The lowest BCUT2D eigenvalue weighted by Crippen LogP contribution is -2.10. The van der Waals surface area contributed by atoms with Crippen molar-refractivity contribution in [2.24, 2.45) is 0 Å². The van der Waals surface area contributed by atoms with Crippen LogP contribution in [0.2, 0.25) is 0 Å². The maximum Gasteiger partial charge on any atom is 0.338 e. The molecule has 6 rings (SSSR count). The second-order valence-electron chi connectivity index (χ2n) is 11.1. The van der Waals surface area contributed by atoms with Crippen molar-refractivity contribution >= 4 is 57.8 Å². The molecular formula is C40H34N2O6S2. The first-order valence-electron chi connectivity index (χ1n) is 15.6. The number of thiophene rings is 2. The normalized spacial score (nSPS) is 10.4. The zero-order valence-corrected chi connectivity index (χ0v) is 29.2.